The van der Waals surface area contributed by atoms with Crippen molar-refractivity contribution in [1.29, 1.82) is 0 Å². The van der Waals surface area contributed by atoms with Crippen LogP contribution in [0.5, 0.6) is 0 Å². The maximum Gasteiger partial charge on any atom is -0.00259 e. The standard InChI is InChI=1S/C38H30/c1-23-15-16-24(2)30-20-34-33(19-29(23)30)37(27-11-7-5-8-12-27)35-21-31-25(3)17-18-26(4)32(31)22-36(35)38(34)28-13-9-6-10-14-28/h5-22H,1-4H3. The van der Waals surface area contributed by atoms with Crippen LogP contribution in [0.25, 0.3) is 65.3 Å². The topological polar surface area (TPSA) is 0 Å². The summed E-state index contributed by atoms with van der Waals surface area (Å²) in [5.74, 6) is 0. The molecule has 0 saturated carbocycles. The van der Waals surface area contributed by atoms with Gasteiger partial charge in [-0.3, -0.25) is 0 Å². The summed E-state index contributed by atoms with van der Waals surface area (Å²) in [7, 11) is 0. The molecule has 0 radical (unpaired) electrons. The summed E-state index contributed by atoms with van der Waals surface area (Å²) < 4.78 is 0. The highest BCUT2D eigenvalue weighted by atomic mass is 14.2. The quantitative estimate of drug-likeness (QED) is 0.213. The van der Waals surface area contributed by atoms with Crippen molar-refractivity contribution in [3.8, 4) is 22.3 Å². The van der Waals surface area contributed by atoms with Crippen LogP contribution >= 0.6 is 0 Å². The smallest absolute Gasteiger partial charge is 0.00259 e. The number of rotatable bonds is 2. The number of benzene rings is 7. The Balaban J connectivity index is 1.82. The van der Waals surface area contributed by atoms with Gasteiger partial charge in [-0.05, 0) is 140 Å². The molecule has 0 aromatic heterocycles. The predicted molar refractivity (Wildman–Crippen MR) is 166 cm³/mol. The van der Waals surface area contributed by atoms with Gasteiger partial charge in [0.05, 0.1) is 0 Å². The van der Waals surface area contributed by atoms with E-state index in [0.29, 0.717) is 0 Å². The van der Waals surface area contributed by atoms with E-state index in [1.54, 1.807) is 0 Å². The van der Waals surface area contributed by atoms with Gasteiger partial charge >= 0.3 is 0 Å². The molecule has 0 amide bonds. The maximum absolute atomic E-state index is 2.45. The number of fused-ring (bicyclic) bond motifs is 4. The van der Waals surface area contributed by atoms with E-state index < -0.39 is 0 Å². The molecule has 7 aromatic carbocycles. The molecule has 0 atom stereocenters. The van der Waals surface area contributed by atoms with Gasteiger partial charge in [0, 0.05) is 0 Å². The normalized spacial score (nSPS) is 11.7. The fourth-order valence-electron chi connectivity index (χ4n) is 6.31. The average molecular weight is 487 g/mol. The van der Waals surface area contributed by atoms with Crippen LogP contribution in [0.2, 0.25) is 0 Å². The lowest BCUT2D eigenvalue weighted by Gasteiger charge is -2.21. The number of aryl methyl sites for hydroxylation is 4. The Hall–Kier alpha value is -4.42. The summed E-state index contributed by atoms with van der Waals surface area (Å²) in [6.45, 7) is 8.92. The Kier molecular flexibility index (Phi) is 5.13. The minimum absolute atomic E-state index is 1.26. The van der Waals surface area contributed by atoms with Crippen molar-refractivity contribution < 1.29 is 0 Å². The molecule has 0 spiro atoms. The van der Waals surface area contributed by atoms with Crippen molar-refractivity contribution >= 4 is 43.1 Å². The first-order valence-electron chi connectivity index (χ1n) is 13.5. The third kappa shape index (κ3) is 3.37. The minimum atomic E-state index is 1.26. The Bertz CT molecular complexity index is 1770. The van der Waals surface area contributed by atoms with Gasteiger partial charge in [-0.25, -0.2) is 0 Å². The second-order valence-electron chi connectivity index (χ2n) is 10.8. The first-order chi connectivity index (χ1) is 18.5. The Morgan fingerprint density at radius 1 is 0.289 bits per heavy atom. The molecule has 0 unspecified atom stereocenters. The molecular weight excluding hydrogens is 456 g/mol. The summed E-state index contributed by atoms with van der Waals surface area (Å²) in [6.07, 6.45) is 0. The van der Waals surface area contributed by atoms with Gasteiger partial charge in [0.25, 0.3) is 0 Å². The SMILES string of the molecule is Cc1ccc(C)c2cc3c(-c4ccccc4)c4cc5c(C)ccc(C)c5cc4c(-c4ccccc4)c3cc12. The third-order valence-electron chi connectivity index (χ3n) is 8.38. The van der Waals surface area contributed by atoms with E-state index in [1.807, 2.05) is 0 Å². The van der Waals surface area contributed by atoms with E-state index in [-0.39, 0.29) is 0 Å². The van der Waals surface area contributed by atoms with E-state index in [4.69, 9.17) is 0 Å². The van der Waals surface area contributed by atoms with Crippen molar-refractivity contribution in [3.05, 3.63) is 131 Å². The first kappa shape index (κ1) is 22.8. The minimum Gasteiger partial charge on any atom is -0.0622 e. The van der Waals surface area contributed by atoms with Crippen molar-refractivity contribution in [1.82, 2.24) is 0 Å². The van der Waals surface area contributed by atoms with Gasteiger partial charge < -0.3 is 0 Å². The zero-order valence-corrected chi connectivity index (χ0v) is 22.4. The first-order valence-corrected chi connectivity index (χ1v) is 13.5. The molecule has 38 heavy (non-hydrogen) atoms. The lowest BCUT2D eigenvalue weighted by Crippen LogP contribution is -1.94. The molecule has 0 aliphatic carbocycles. The molecule has 0 bridgehead atoms. The van der Waals surface area contributed by atoms with Gasteiger partial charge in [-0.15, -0.1) is 0 Å². The zero-order chi connectivity index (χ0) is 26.0. The fourth-order valence-corrected chi connectivity index (χ4v) is 6.31. The lowest BCUT2D eigenvalue weighted by molar-refractivity contribution is 1.46. The largest absolute Gasteiger partial charge is 0.0622 e. The maximum atomic E-state index is 2.45. The van der Waals surface area contributed by atoms with Gasteiger partial charge in [-0.1, -0.05) is 84.9 Å². The predicted octanol–water partition coefficient (Wildman–Crippen LogP) is 10.9. The average Bonchev–Trinajstić information content (AvgIpc) is 2.95. The molecular formula is C38H30. The molecule has 182 valence electrons. The molecule has 0 aliphatic heterocycles. The summed E-state index contributed by atoms with van der Waals surface area (Å²) in [5, 5.41) is 10.6. The molecule has 0 nitrogen and oxygen atoms in total. The molecule has 0 aliphatic rings. The van der Waals surface area contributed by atoms with Crippen LogP contribution in [-0.2, 0) is 0 Å². The van der Waals surface area contributed by atoms with E-state index >= 15 is 0 Å². The van der Waals surface area contributed by atoms with Crippen molar-refractivity contribution in [2.45, 2.75) is 27.7 Å². The van der Waals surface area contributed by atoms with Gasteiger partial charge in [0.15, 0.2) is 0 Å². The van der Waals surface area contributed by atoms with Gasteiger partial charge in [0.2, 0.25) is 0 Å². The highest BCUT2D eigenvalue weighted by molar-refractivity contribution is 6.25. The second-order valence-corrected chi connectivity index (χ2v) is 10.8. The van der Waals surface area contributed by atoms with Gasteiger partial charge in [0.1, 0.15) is 0 Å². The highest BCUT2D eigenvalue weighted by Gasteiger charge is 2.19. The summed E-state index contributed by atoms with van der Waals surface area (Å²) in [4.78, 5) is 0. The summed E-state index contributed by atoms with van der Waals surface area (Å²) >= 11 is 0. The summed E-state index contributed by atoms with van der Waals surface area (Å²) in [5.41, 5.74) is 10.4. The van der Waals surface area contributed by atoms with Crippen LogP contribution in [0.4, 0.5) is 0 Å². The van der Waals surface area contributed by atoms with Gasteiger partial charge in [-0.2, -0.15) is 0 Å². The van der Waals surface area contributed by atoms with E-state index in [1.165, 1.54) is 87.6 Å². The highest BCUT2D eigenvalue weighted by Crippen LogP contribution is 2.47. The Morgan fingerprint density at radius 2 is 0.553 bits per heavy atom. The fraction of sp³-hybridized carbons (Fsp3) is 0.105. The molecule has 0 fully saturated rings. The number of hydrogen-bond donors (Lipinski definition) is 0. The third-order valence-corrected chi connectivity index (χ3v) is 8.38. The molecule has 0 heteroatoms. The molecule has 0 saturated heterocycles. The number of hydrogen-bond acceptors (Lipinski definition) is 0. The molecule has 7 aromatic rings. The van der Waals surface area contributed by atoms with Crippen LogP contribution in [-0.4, -0.2) is 0 Å². The Labute approximate surface area is 224 Å². The van der Waals surface area contributed by atoms with Crippen LogP contribution in [0.15, 0.2) is 109 Å². The molecule has 7 rings (SSSR count). The molecule has 0 heterocycles. The van der Waals surface area contributed by atoms with Crippen molar-refractivity contribution in [2.24, 2.45) is 0 Å². The second kappa shape index (κ2) is 8.57. The van der Waals surface area contributed by atoms with Crippen LogP contribution in [0.1, 0.15) is 22.3 Å². The van der Waals surface area contributed by atoms with Crippen molar-refractivity contribution in [2.75, 3.05) is 0 Å². The summed E-state index contributed by atoms with van der Waals surface area (Å²) in [6, 6.07) is 40.7. The molecule has 0 N–H and O–H groups in total. The van der Waals surface area contributed by atoms with Crippen LogP contribution in [0.3, 0.4) is 0 Å². The monoisotopic (exact) mass is 486 g/mol. The van der Waals surface area contributed by atoms with Crippen molar-refractivity contribution in [3.63, 3.8) is 0 Å². The van der Waals surface area contributed by atoms with E-state index in [2.05, 4.69) is 137 Å². The lowest BCUT2D eigenvalue weighted by atomic mass is 9.82. The van der Waals surface area contributed by atoms with Crippen LogP contribution < -0.4 is 0 Å². The van der Waals surface area contributed by atoms with E-state index in [9.17, 15) is 0 Å². The zero-order valence-electron chi connectivity index (χ0n) is 22.4. The van der Waals surface area contributed by atoms with Crippen LogP contribution in [0, 0.1) is 27.7 Å². The Morgan fingerprint density at radius 3 is 0.816 bits per heavy atom. The van der Waals surface area contributed by atoms with E-state index in [0.717, 1.165) is 0 Å².